The number of anilines is 1. The van der Waals surface area contributed by atoms with Crippen molar-refractivity contribution in [1.82, 2.24) is 14.8 Å². The Morgan fingerprint density at radius 3 is 2.65 bits per heavy atom. The van der Waals surface area contributed by atoms with Crippen LogP contribution in [0.5, 0.6) is 5.75 Å². The predicted molar refractivity (Wildman–Crippen MR) is 103 cm³/mol. The lowest BCUT2D eigenvalue weighted by molar-refractivity contribution is 0.414. The first kappa shape index (κ1) is 16.9. The monoisotopic (exact) mass is 368 g/mol. The van der Waals surface area contributed by atoms with Crippen molar-refractivity contribution in [2.45, 2.75) is 33.0 Å². The van der Waals surface area contributed by atoms with Crippen molar-refractivity contribution in [2.75, 3.05) is 12.0 Å². The standard InChI is InChI=1S/C20H21ClN4O/c1-3-25-19(11-14-6-4-5-7-18(14)21)22-23-20(25)24-12-15-8-9-17(26-2)10-16(15)13-24/h4-10H,3,11-13H2,1-2H3. The van der Waals surface area contributed by atoms with E-state index in [1.807, 2.05) is 30.3 Å². The van der Waals surface area contributed by atoms with Crippen molar-refractivity contribution in [3.63, 3.8) is 0 Å². The van der Waals surface area contributed by atoms with Gasteiger partial charge in [0.1, 0.15) is 11.6 Å². The van der Waals surface area contributed by atoms with Gasteiger partial charge >= 0.3 is 0 Å². The summed E-state index contributed by atoms with van der Waals surface area (Å²) in [6.45, 7) is 4.59. The molecule has 0 atom stereocenters. The summed E-state index contributed by atoms with van der Waals surface area (Å²) in [6.07, 6.45) is 0.676. The lowest BCUT2D eigenvalue weighted by Crippen LogP contribution is -2.20. The van der Waals surface area contributed by atoms with E-state index in [4.69, 9.17) is 16.3 Å². The quantitative estimate of drug-likeness (QED) is 0.680. The second-order valence-corrected chi connectivity index (χ2v) is 6.83. The number of halogens is 1. The molecular formula is C20H21ClN4O. The summed E-state index contributed by atoms with van der Waals surface area (Å²) in [5.41, 5.74) is 3.66. The van der Waals surface area contributed by atoms with Gasteiger partial charge in [0.15, 0.2) is 0 Å². The highest BCUT2D eigenvalue weighted by molar-refractivity contribution is 6.31. The van der Waals surface area contributed by atoms with Gasteiger partial charge in [-0.3, -0.25) is 4.57 Å². The van der Waals surface area contributed by atoms with Crippen LogP contribution in [0.1, 0.15) is 29.4 Å². The minimum atomic E-state index is 0.676. The van der Waals surface area contributed by atoms with E-state index in [2.05, 4.69) is 38.7 Å². The van der Waals surface area contributed by atoms with Gasteiger partial charge in [0.05, 0.1) is 7.11 Å². The Kier molecular flexibility index (Phi) is 4.55. The highest BCUT2D eigenvalue weighted by atomic mass is 35.5. The van der Waals surface area contributed by atoms with E-state index in [9.17, 15) is 0 Å². The number of nitrogens with zero attached hydrogens (tertiary/aromatic N) is 4. The average Bonchev–Trinajstić information content (AvgIpc) is 3.26. The number of ether oxygens (including phenoxy) is 1. The minimum absolute atomic E-state index is 0.676. The number of hydrogen-bond acceptors (Lipinski definition) is 4. The first-order chi connectivity index (χ1) is 12.7. The summed E-state index contributed by atoms with van der Waals surface area (Å²) in [6, 6.07) is 14.1. The minimum Gasteiger partial charge on any atom is -0.497 e. The SMILES string of the molecule is CCn1c(Cc2ccccc2Cl)nnc1N1Cc2ccc(OC)cc2C1. The molecule has 5 nitrogen and oxygen atoms in total. The van der Waals surface area contributed by atoms with Gasteiger partial charge in [-0.2, -0.15) is 0 Å². The maximum atomic E-state index is 6.31. The maximum absolute atomic E-state index is 6.31. The summed E-state index contributed by atoms with van der Waals surface area (Å²) in [4.78, 5) is 2.26. The highest BCUT2D eigenvalue weighted by Gasteiger charge is 2.25. The number of methoxy groups -OCH3 is 1. The van der Waals surface area contributed by atoms with E-state index in [0.717, 1.165) is 47.7 Å². The maximum Gasteiger partial charge on any atom is 0.227 e. The molecule has 0 saturated carbocycles. The second-order valence-electron chi connectivity index (χ2n) is 6.42. The molecule has 0 spiro atoms. The molecular weight excluding hydrogens is 348 g/mol. The summed E-state index contributed by atoms with van der Waals surface area (Å²) in [5, 5.41) is 9.70. The molecule has 1 aliphatic rings. The molecule has 1 aromatic heterocycles. The molecule has 134 valence electrons. The lowest BCUT2D eigenvalue weighted by atomic mass is 10.1. The average molecular weight is 369 g/mol. The van der Waals surface area contributed by atoms with Gasteiger partial charge in [-0.15, -0.1) is 10.2 Å². The van der Waals surface area contributed by atoms with Crippen molar-refractivity contribution < 1.29 is 4.74 Å². The van der Waals surface area contributed by atoms with Gasteiger partial charge in [-0.05, 0) is 41.8 Å². The van der Waals surface area contributed by atoms with Crippen molar-refractivity contribution in [1.29, 1.82) is 0 Å². The molecule has 26 heavy (non-hydrogen) atoms. The van der Waals surface area contributed by atoms with E-state index in [1.165, 1.54) is 11.1 Å². The second kappa shape index (κ2) is 7.00. The van der Waals surface area contributed by atoms with Crippen LogP contribution in [0.15, 0.2) is 42.5 Å². The summed E-state index contributed by atoms with van der Waals surface area (Å²) in [5.74, 6) is 2.73. The van der Waals surface area contributed by atoms with Gasteiger partial charge in [0, 0.05) is 31.1 Å². The number of hydrogen-bond donors (Lipinski definition) is 0. The van der Waals surface area contributed by atoms with Gasteiger partial charge in [-0.25, -0.2) is 0 Å². The van der Waals surface area contributed by atoms with Gasteiger partial charge in [-0.1, -0.05) is 35.9 Å². The Bertz CT molecular complexity index is 937. The molecule has 0 aliphatic carbocycles. The van der Waals surface area contributed by atoms with Crippen molar-refractivity contribution in [3.8, 4) is 5.75 Å². The Morgan fingerprint density at radius 2 is 1.88 bits per heavy atom. The molecule has 4 rings (SSSR count). The lowest BCUT2D eigenvalue weighted by Gasteiger charge is -2.17. The molecule has 1 aliphatic heterocycles. The zero-order chi connectivity index (χ0) is 18.1. The Labute approximate surface area is 158 Å². The van der Waals surface area contributed by atoms with Gasteiger partial charge < -0.3 is 9.64 Å². The normalized spacial score (nSPS) is 13.1. The largest absolute Gasteiger partial charge is 0.497 e. The molecule has 0 fully saturated rings. The predicted octanol–water partition coefficient (Wildman–Crippen LogP) is 4.07. The third-order valence-corrected chi connectivity index (χ3v) is 5.22. The number of fused-ring (bicyclic) bond motifs is 1. The summed E-state index contributed by atoms with van der Waals surface area (Å²) in [7, 11) is 1.70. The van der Waals surface area contributed by atoms with Crippen molar-refractivity contribution in [3.05, 3.63) is 70.0 Å². The first-order valence-electron chi connectivity index (χ1n) is 8.75. The van der Waals surface area contributed by atoms with Crippen LogP contribution in [0, 0.1) is 0 Å². The van der Waals surface area contributed by atoms with E-state index in [0.29, 0.717) is 6.42 Å². The third-order valence-electron chi connectivity index (χ3n) is 4.85. The number of aromatic nitrogens is 3. The smallest absolute Gasteiger partial charge is 0.227 e. The van der Waals surface area contributed by atoms with E-state index >= 15 is 0 Å². The van der Waals surface area contributed by atoms with Crippen LogP contribution in [0.25, 0.3) is 0 Å². The van der Waals surface area contributed by atoms with Crippen LogP contribution in [-0.2, 0) is 26.1 Å². The fourth-order valence-corrected chi connectivity index (χ4v) is 3.67. The molecule has 0 N–H and O–H groups in total. The van der Waals surface area contributed by atoms with Crippen LogP contribution in [0.3, 0.4) is 0 Å². The van der Waals surface area contributed by atoms with Crippen LogP contribution >= 0.6 is 11.6 Å². The summed E-state index contributed by atoms with van der Waals surface area (Å²) >= 11 is 6.31. The van der Waals surface area contributed by atoms with E-state index < -0.39 is 0 Å². The molecule has 0 amide bonds. The molecule has 3 aromatic rings. The summed E-state index contributed by atoms with van der Waals surface area (Å²) < 4.78 is 7.52. The molecule has 6 heteroatoms. The molecule has 2 aromatic carbocycles. The fourth-order valence-electron chi connectivity index (χ4n) is 3.47. The molecule has 0 unspecified atom stereocenters. The Morgan fingerprint density at radius 1 is 1.08 bits per heavy atom. The fraction of sp³-hybridized carbons (Fsp3) is 0.300. The van der Waals surface area contributed by atoms with Gasteiger partial charge in [0.2, 0.25) is 5.95 Å². The van der Waals surface area contributed by atoms with Crippen LogP contribution in [0.4, 0.5) is 5.95 Å². The number of rotatable bonds is 5. The van der Waals surface area contributed by atoms with E-state index in [-0.39, 0.29) is 0 Å². The Balaban J connectivity index is 1.61. The topological polar surface area (TPSA) is 43.2 Å². The Hall–Kier alpha value is -2.53. The molecule has 0 saturated heterocycles. The number of benzene rings is 2. The molecule has 2 heterocycles. The zero-order valence-electron chi connectivity index (χ0n) is 14.9. The van der Waals surface area contributed by atoms with Crippen LogP contribution < -0.4 is 9.64 Å². The highest BCUT2D eigenvalue weighted by Crippen LogP contribution is 2.30. The van der Waals surface area contributed by atoms with Crippen molar-refractivity contribution in [2.24, 2.45) is 0 Å². The first-order valence-corrected chi connectivity index (χ1v) is 9.13. The molecule has 0 bridgehead atoms. The molecule has 0 radical (unpaired) electrons. The van der Waals surface area contributed by atoms with Crippen LogP contribution in [-0.4, -0.2) is 21.9 Å². The van der Waals surface area contributed by atoms with E-state index in [1.54, 1.807) is 7.11 Å². The zero-order valence-corrected chi connectivity index (χ0v) is 15.7. The van der Waals surface area contributed by atoms with Gasteiger partial charge in [0.25, 0.3) is 0 Å². The van der Waals surface area contributed by atoms with Crippen LogP contribution in [0.2, 0.25) is 5.02 Å². The van der Waals surface area contributed by atoms with Crippen molar-refractivity contribution >= 4 is 17.5 Å². The third kappa shape index (κ3) is 3.03.